The van der Waals surface area contributed by atoms with Gasteiger partial charge in [0.2, 0.25) is 5.75 Å². The third-order valence-electron chi connectivity index (χ3n) is 3.57. The zero-order valence-electron chi connectivity index (χ0n) is 15.0. The second-order valence-corrected chi connectivity index (χ2v) is 5.23. The number of aromatic nitrogens is 2. The number of nitrogens with one attached hydrogen (secondary N) is 1. The summed E-state index contributed by atoms with van der Waals surface area (Å²) in [5, 5.41) is 7.10. The number of ether oxygens (including phenoxy) is 3. The first-order valence-corrected chi connectivity index (χ1v) is 7.59. The van der Waals surface area contributed by atoms with Crippen LogP contribution in [-0.4, -0.2) is 44.6 Å². The normalized spacial score (nSPS) is 11.9. The number of hydrogen-bond acceptors (Lipinski definition) is 7. The van der Waals surface area contributed by atoms with Crippen molar-refractivity contribution in [1.29, 1.82) is 0 Å². The number of benzene rings is 1. The van der Waals surface area contributed by atoms with Gasteiger partial charge in [-0.15, -0.1) is 12.4 Å². The highest BCUT2D eigenvalue weighted by Crippen LogP contribution is 2.38. The van der Waals surface area contributed by atoms with Gasteiger partial charge in [-0.1, -0.05) is 5.16 Å². The SMILES string of the molecule is CNC(C)Cc1noc(/C=C/c2cc(OC)c(OC)c(OC)c2)n1.Cl. The minimum absolute atomic E-state index is 0. The fourth-order valence-corrected chi connectivity index (χ4v) is 2.16. The predicted molar refractivity (Wildman–Crippen MR) is 98.8 cm³/mol. The van der Waals surface area contributed by atoms with Gasteiger partial charge in [0.25, 0.3) is 5.89 Å². The first-order chi connectivity index (χ1) is 11.6. The summed E-state index contributed by atoms with van der Waals surface area (Å²) in [6, 6.07) is 3.98. The van der Waals surface area contributed by atoms with E-state index in [1.54, 1.807) is 27.4 Å². The predicted octanol–water partition coefficient (Wildman–Crippen LogP) is 2.84. The Morgan fingerprint density at radius 2 is 1.76 bits per heavy atom. The van der Waals surface area contributed by atoms with Gasteiger partial charge in [-0.3, -0.25) is 0 Å². The van der Waals surface area contributed by atoms with Crippen molar-refractivity contribution in [1.82, 2.24) is 15.5 Å². The lowest BCUT2D eigenvalue weighted by Gasteiger charge is -2.12. The molecule has 1 unspecified atom stereocenters. The van der Waals surface area contributed by atoms with Crippen molar-refractivity contribution in [3.63, 3.8) is 0 Å². The van der Waals surface area contributed by atoms with Crippen molar-refractivity contribution in [2.24, 2.45) is 0 Å². The Kier molecular flexibility index (Phi) is 8.24. The van der Waals surface area contributed by atoms with Crippen LogP contribution in [0.3, 0.4) is 0 Å². The van der Waals surface area contributed by atoms with Gasteiger partial charge in [0.15, 0.2) is 17.3 Å². The molecule has 1 atom stereocenters. The highest BCUT2D eigenvalue weighted by molar-refractivity contribution is 5.85. The van der Waals surface area contributed by atoms with Crippen molar-refractivity contribution in [2.45, 2.75) is 19.4 Å². The molecule has 2 rings (SSSR count). The number of methoxy groups -OCH3 is 3. The van der Waals surface area contributed by atoms with E-state index in [-0.39, 0.29) is 18.4 Å². The van der Waals surface area contributed by atoms with E-state index < -0.39 is 0 Å². The van der Waals surface area contributed by atoms with Crippen LogP contribution >= 0.6 is 12.4 Å². The van der Waals surface area contributed by atoms with Crippen molar-refractivity contribution in [2.75, 3.05) is 28.4 Å². The smallest absolute Gasteiger partial charge is 0.250 e. The molecule has 138 valence electrons. The summed E-state index contributed by atoms with van der Waals surface area (Å²) in [4.78, 5) is 4.34. The van der Waals surface area contributed by atoms with Crippen LogP contribution in [0.25, 0.3) is 12.2 Å². The highest BCUT2D eigenvalue weighted by Gasteiger charge is 2.12. The molecule has 7 nitrogen and oxygen atoms in total. The van der Waals surface area contributed by atoms with Crippen LogP contribution in [0, 0.1) is 0 Å². The van der Waals surface area contributed by atoms with Gasteiger partial charge < -0.3 is 24.1 Å². The molecule has 0 radical (unpaired) electrons. The van der Waals surface area contributed by atoms with Crippen molar-refractivity contribution in [3.05, 3.63) is 29.4 Å². The molecule has 2 aromatic rings. The van der Waals surface area contributed by atoms with Crippen LogP contribution in [0.1, 0.15) is 24.2 Å². The molecule has 0 aliphatic rings. The standard InChI is InChI=1S/C17H23N3O4.ClH/c1-11(18-2)8-15-19-16(24-20-15)7-6-12-9-13(21-3)17(23-5)14(10-12)22-4;/h6-7,9-11,18H,8H2,1-5H3;1H/b7-6+;. The molecule has 0 bridgehead atoms. The fourth-order valence-electron chi connectivity index (χ4n) is 2.16. The number of rotatable bonds is 8. The molecule has 1 aromatic carbocycles. The molecule has 1 aromatic heterocycles. The van der Waals surface area contributed by atoms with Gasteiger partial charge in [0, 0.05) is 18.5 Å². The monoisotopic (exact) mass is 369 g/mol. The van der Waals surface area contributed by atoms with Gasteiger partial charge in [0.1, 0.15) is 0 Å². The molecular weight excluding hydrogens is 346 g/mol. The third-order valence-corrected chi connectivity index (χ3v) is 3.57. The molecule has 0 aliphatic heterocycles. The summed E-state index contributed by atoms with van der Waals surface area (Å²) in [5.74, 6) is 2.85. The quantitative estimate of drug-likeness (QED) is 0.766. The topological polar surface area (TPSA) is 78.6 Å². The fraction of sp³-hybridized carbons (Fsp3) is 0.412. The second-order valence-electron chi connectivity index (χ2n) is 5.23. The first-order valence-electron chi connectivity index (χ1n) is 7.59. The summed E-state index contributed by atoms with van der Waals surface area (Å²) >= 11 is 0. The number of nitrogens with zero attached hydrogens (tertiary/aromatic N) is 2. The van der Waals surface area contributed by atoms with E-state index in [4.69, 9.17) is 18.7 Å². The van der Waals surface area contributed by atoms with Gasteiger partial charge in [-0.05, 0) is 37.7 Å². The summed E-state index contributed by atoms with van der Waals surface area (Å²) in [6.45, 7) is 2.06. The van der Waals surface area contributed by atoms with Crippen LogP contribution < -0.4 is 19.5 Å². The number of halogens is 1. The van der Waals surface area contributed by atoms with Crippen LogP contribution in [0.15, 0.2) is 16.7 Å². The largest absolute Gasteiger partial charge is 0.493 e. The molecule has 0 saturated carbocycles. The molecule has 8 heteroatoms. The van der Waals surface area contributed by atoms with Crippen molar-refractivity contribution in [3.8, 4) is 17.2 Å². The van der Waals surface area contributed by atoms with E-state index in [1.807, 2.05) is 25.3 Å². The average Bonchev–Trinajstić information content (AvgIpc) is 3.05. The number of hydrogen-bond donors (Lipinski definition) is 1. The lowest BCUT2D eigenvalue weighted by Crippen LogP contribution is -2.24. The van der Waals surface area contributed by atoms with Crippen LogP contribution in [0.2, 0.25) is 0 Å². The van der Waals surface area contributed by atoms with Crippen molar-refractivity contribution < 1.29 is 18.7 Å². The molecule has 0 fully saturated rings. The minimum atomic E-state index is 0. The zero-order chi connectivity index (χ0) is 17.5. The van der Waals surface area contributed by atoms with Gasteiger partial charge in [-0.25, -0.2) is 0 Å². The summed E-state index contributed by atoms with van der Waals surface area (Å²) in [6.07, 6.45) is 4.31. The summed E-state index contributed by atoms with van der Waals surface area (Å²) < 4.78 is 21.2. The molecular formula is C17H24ClN3O4. The Balaban J connectivity index is 0.00000312. The Morgan fingerprint density at radius 3 is 2.28 bits per heavy atom. The lowest BCUT2D eigenvalue weighted by molar-refractivity contribution is 0.324. The molecule has 0 saturated heterocycles. The van der Waals surface area contributed by atoms with E-state index in [1.165, 1.54) is 0 Å². The third kappa shape index (κ3) is 5.37. The summed E-state index contributed by atoms with van der Waals surface area (Å²) in [7, 11) is 6.63. The maximum Gasteiger partial charge on any atom is 0.250 e. The summed E-state index contributed by atoms with van der Waals surface area (Å²) in [5.41, 5.74) is 0.868. The molecule has 0 amide bonds. The van der Waals surface area contributed by atoms with E-state index in [9.17, 15) is 0 Å². The molecule has 1 heterocycles. The van der Waals surface area contributed by atoms with E-state index >= 15 is 0 Å². The Morgan fingerprint density at radius 1 is 1.12 bits per heavy atom. The zero-order valence-corrected chi connectivity index (χ0v) is 15.8. The first kappa shape index (κ1) is 20.8. The minimum Gasteiger partial charge on any atom is -0.493 e. The second kappa shape index (κ2) is 9.90. The molecule has 25 heavy (non-hydrogen) atoms. The highest BCUT2D eigenvalue weighted by atomic mass is 35.5. The average molecular weight is 370 g/mol. The Labute approximate surface area is 153 Å². The molecule has 0 aliphatic carbocycles. The van der Waals surface area contributed by atoms with Crippen LogP contribution in [-0.2, 0) is 6.42 Å². The van der Waals surface area contributed by atoms with E-state index in [0.717, 1.165) is 5.56 Å². The molecule has 1 N–H and O–H groups in total. The maximum absolute atomic E-state index is 5.33. The Hall–Kier alpha value is -2.25. The van der Waals surface area contributed by atoms with Gasteiger partial charge in [-0.2, -0.15) is 4.98 Å². The lowest BCUT2D eigenvalue weighted by atomic mass is 10.1. The van der Waals surface area contributed by atoms with E-state index in [0.29, 0.717) is 35.4 Å². The van der Waals surface area contributed by atoms with Gasteiger partial charge >= 0.3 is 0 Å². The maximum atomic E-state index is 5.33. The Bertz CT molecular complexity index is 678. The number of likely N-dealkylation sites (N-methyl/N-ethyl adjacent to an activating group) is 1. The molecule has 0 spiro atoms. The van der Waals surface area contributed by atoms with Gasteiger partial charge in [0.05, 0.1) is 21.3 Å². The van der Waals surface area contributed by atoms with E-state index in [2.05, 4.69) is 22.4 Å². The van der Waals surface area contributed by atoms with Crippen LogP contribution in [0.4, 0.5) is 0 Å². The van der Waals surface area contributed by atoms with Crippen molar-refractivity contribution >= 4 is 24.6 Å². The van der Waals surface area contributed by atoms with Crippen LogP contribution in [0.5, 0.6) is 17.2 Å².